The summed E-state index contributed by atoms with van der Waals surface area (Å²) in [7, 11) is 2.87. The van der Waals surface area contributed by atoms with Gasteiger partial charge in [0.15, 0.2) is 0 Å². The number of benzene rings is 3. The SMILES string of the molecule is COC(=O)c1ccc2c(CN(C(=O)C(C)NC(=O)OC(C)(C)C)c3ccccc3N)c(OC)ccc2c1. The molecule has 0 radical (unpaired) electrons. The van der Waals surface area contributed by atoms with Gasteiger partial charge < -0.3 is 30.2 Å². The highest BCUT2D eigenvalue weighted by Gasteiger charge is 2.28. The summed E-state index contributed by atoms with van der Waals surface area (Å²) in [5.41, 5.74) is 7.54. The minimum atomic E-state index is -0.915. The van der Waals surface area contributed by atoms with E-state index in [1.807, 2.05) is 6.07 Å². The number of amides is 2. The van der Waals surface area contributed by atoms with Gasteiger partial charge in [0, 0.05) is 5.56 Å². The third kappa shape index (κ3) is 6.49. The maximum atomic E-state index is 13.7. The standard InChI is InChI=1S/C28H33N3O6/c1-17(30-27(34)37-28(2,3)4)25(32)31(23-10-8-7-9-22(23)29)16-21-20-13-11-19(26(33)36-6)15-18(20)12-14-24(21)35-5/h7-15,17H,16,29H2,1-6H3,(H,30,34). The number of alkyl carbamates (subject to hydrolysis) is 1. The van der Waals surface area contributed by atoms with Gasteiger partial charge in [-0.3, -0.25) is 4.79 Å². The zero-order valence-corrected chi connectivity index (χ0v) is 22.0. The maximum Gasteiger partial charge on any atom is 0.408 e. The average molecular weight is 508 g/mol. The largest absolute Gasteiger partial charge is 0.496 e. The van der Waals surface area contributed by atoms with Crippen molar-refractivity contribution in [1.82, 2.24) is 5.32 Å². The van der Waals surface area contributed by atoms with Crippen LogP contribution in [0.5, 0.6) is 5.75 Å². The molecule has 3 N–H and O–H groups in total. The van der Waals surface area contributed by atoms with Crippen LogP contribution in [0.2, 0.25) is 0 Å². The number of nitrogens with one attached hydrogen (secondary N) is 1. The number of hydrogen-bond acceptors (Lipinski definition) is 7. The molecule has 0 fully saturated rings. The Balaban J connectivity index is 2.05. The van der Waals surface area contributed by atoms with Gasteiger partial charge >= 0.3 is 12.1 Å². The van der Waals surface area contributed by atoms with Crippen LogP contribution < -0.4 is 20.7 Å². The summed E-state index contributed by atoms with van der Waals surface area (Å²) in [6.07, 6.45) is -0.701. The van der Waals surface area contributed by atoms with E-state index in [1.165, 1.54) is 12.0 Å². The minimum absolute atomic E-state index is 0.0888. The van der Waals surface area contributed by atoms with Crippen molar-refractivity contribution in [3.8, 4) is 5.75 Å². The van der Waals surface area contributed by atoms with Gasteiger partial charge in [-0.1, -0.05) is 24.3 Å². The predicted octanol–water partition coefficient (Wildman–Crippen LogP) is 4.66. The van der Waals surface area contributed by atoms with Gasteiger partial charge in [0.05, 0.1) is 37.7 Å². The van der Waals surface area contributed by atoms with Crippen LogP contribution in [0.3, 0.4) is 0 Å². The second-order valence-corrected chi connectivity index (χ2v) is 9.52. The molecule has 0 aliphatic rings. The fourth-order valence-electron chi connectivity index (χ4n) is 3.93. The number of hydrogen-bond donors (Lipinski definition) is 2. The molecule has 0 heterocycles. The number of para-hydroxylation sites is 2. The van der Waals surface area contributed by atoms with Gasteiger partial charge in [-0.2, -0.15) is 0 Å². The Labute approximate surface area is 216 Å². The Morgan fingerprint density at radius 3 is 2.35 bits per heavy atom. The van der Waals surface area contributed by atoms with Crippen molar-refractivity contribution in [2.75, 3.05) is 24.9 Å². The van der Waals surface area contributed by atoms with E-state index in [9.17, 15) is 14.4 Å². The van der Waals surface area contributed by atoms with E-state index in [2.05, 4.69) is 5.32 Å². The average Bonchev–Trinajstić information content (AvgIpc) is 2.85. The zero-order valence-electron chi connectivity index (χ0n) is 22.0. The zero-order chi connectivity index (χ0) is 27.3. The highest BCUT2D eigenvalue weighted by molar-refractivity contribution is 6.02. The molecule has 37 heavy (non-hydrogen) atoms. The molecule has 0 bridgehead atoms. The minimum Gasteiger partial charge on any atom is -0.496 e. The molecule has 3 rings (SSSR count). The number of nitrogen functional groups attached to an aromatic ring is 1. The molecule has 196 valence electrons. The first-order valence-electron chi connectivity index (χ1n) is 11.8. The lowest BCUT2D eigenvalue weighted by molar-refractivity contribution is -0.120. The molecule has 0 aromatic heterocycles. The lowest BCUT2D eigenvalue weighted by Crippen LogP contribution is -2.48. The van der Waals surface area contributed by atoms with Crippen molar-refractivity contribution >= 4 is 40.1 Å². The number of carbonyl (C=O) groups is 3. The number of methoxy groups -OCH3 is 2. The summed E-state index contributed by atoms with van der Waals surface area (Å²) >= 11 is 0. The molecule has 1 unspecified atom stereocenters. The van der Waals surface area contributed by atoms with Crippen molar-refractivity contribution in [2.45, 2.75) is 45.9 Å². The summed E-state index contributed by atoms with van der Waals surface area (Å²) in [5.74, 6) is -0.289. The van der Waals surface area contributed by atoms with Crippen LogP contribution in [0, 0.1) is 0 Å². The number of ether oxygens (including phenoxy) is 3. The highest BCUT2D eigenvalue weighted by Crippen LogP contribution is 2.33. The first-order chi connectivity index (χ1) is 17.4. The van der Waals surface area contributed by atoms with Crippen molar-refractivity contribution in [3.63, 3.8) is 0 Å². The van der Waals surface area contributed by atoms with Crippen molar-refractivity contribution in [3.05, 3.63) is 65.7 Å². The number of nitrogens with two attached hydrogens (primary N) is 1. The first-order valence-corrected chi connectivity index (χ1v) is 11.8. The van der Waals surface area contributed by atoms with E-state index >= 15 is 0 Å². The Hall–Kier alpha value is -4.27. The van der Waals surface area contributed by atoms with E-state index < -0.39 is 29.6 Å². The third-order valence-electron chi connectivity index (χ3n) is 5.64. The maximum absolute atomic E-state index is 13.7. The summed E-state index contributed by atoms with van der Waals surface area (Å²) in [4.78, 5) is 39.6. The summed E-state index contributed by atoms with van der Waals surface area (Å²) < 4.78 is 15.8. The Morgan fingerprint density at radius 1 is 1.03 bits per heavy atom. The first kappa shape index (κ1) is 27.3. The van der Waals surface area contributed by atoms with Crippen LogP contribution in [-0.2, 0) is 20.8 Å². The second kappa shape index (κ2) is 11.2. The molecule has 0 spiro atoms. The molecule has 9 nitrogen and oxygen atoms in total. The Kier molecular flexibility index (Phi) is 8.27. The molecule has 3 aromatic rings. The van der Waals surface area contributed by atoms with E-state index in [4.69, 9.17) is 19.9 Å². The molecule has 0 aliphatic carbocycles. The quantitative estimate of drug-likeness (QED) is 0.352. The molecule has 0 aliphatic heterocycles. The van der Waals surface area contributed by atoms with Crippen molar-refractivity contribution in [1.29, 1.82) is 0 Å². The number of anilines is 2. The lowest BCUT2D eigenvalue weighted by Gasteiger charge is -2.29. The van der Waals surface area contributed by atoms with Gasteiger partial charge in [0.2, 0.25) is 5.91 Å². The number of nitrogens with zero attached hydrogens (tertiary/aromatic N) is 1. The van der Waals surface area contributed by atoms with Crippen LogP contribution >= 0.6 is 0 Å². The monoisotopic (exact) mass is 507 g/mol. The van der Waals surface area contributed by atoms with Gasteiger partial charge in [0.1, 0.15) is 17.4 Å². The third-order valence-corrected chi connectivity index (χ3v) is 5.64. The van der Waals surface area contributed by atoms with E-state index in [0.717, 1.165) is 10.8 Å². The van der Waals surface area contributed by atoms with Crippen LogP contribution in [0.15, 0.2) is 54.6 Å². The summed E-state index contributed by atoms with van der Waals surface area (Å²) in [6, 6.07) is 14.9. The smallest absolute Gasteiger partial charge is 0.408 e. The van der Waals surface area contributed by atoms with Crippen LogP contribution in [0.25, 0.3) is 10.8 Å². The second-order valence-electron chi connectivity index (χ2n) is 9.52. The fourth-order valence-corrected chi connectivity index (χ4v) is 3.93. The Bertz CT molecular complexity index is 1320. The van der Waals surface area contributed by atoms with Crippen LogP contribution in [-0.4, -0.2) is 43.8 Å². The van der Waals surface area contributed by atoms with Gasteiger partial charge in [-0.25, -0.2) is 9.59 Å². The van der Waals surface area contributed by atoms with Crippen molar-refractivity contribution < 1.29 is 28.6 Å². The molecule has 3 aromatic carbocycles. The lowest BCUT2D eigenvalue weighted by atomic mass is 10.00. The number of rotatable bonds is 7. The van der Waals surface area contributed by atoms with Crippen molar-refractivity contribution in [2.24, 2.45) is 0 Å². The molecule has 2 amide bonds. The number of esters is 1. The highest BCUT2D eigenvalue weighted by atomic mass is 16.6. The van der Waals surface area contributed by atoms with Gasteiger partial charge in [-0.05, 0) is 68.8 Å². The van der Waals surface area contributed by atoms with Crippen LogP contribution in [0.4, 0.5) is 16.2 Å². The molecule has 9 heteroatoms. The van der Waals surface area contributed by atoms with E-state index in [-0.39, 0.29) is 6.54 Å². The summed E-state index contributed by atoms with van der Waals surface area (Å²) in [6.45, 7) is 6.91. The molecule has 0 saturated carbocycles. The van der Waals surface area contributed by atoms with Gasteiger partial charge in [-0.15, -0.1) is 0 Å². The normalized spacial score (nSPS) is 11.9. The molecule has 1 atom stereocenters. The van der Waals surface area contributed by atoms with Crippen LogP contribution in [0.1, 0.15) is 43.6 Å². The van der Waals surface area contributed by atoms with E-state index in [1.54, 1.807) is 83.3 Å². The fraction of sp³-hybridized carbons (Fsp3) is 0.321. The number of carbonyl (C=O) groups excluding carboxylic acids is 3. The van der Waals surface area contributed by atoms with Gasteiger partial charge in [0.25, 0.3) is 0 Å². The Morgan fingerprint density at radius 2 is 1.73 bits per heavy atom. The molecular formula is C28H33N3O6. The summed E-state index contributed by atoms with van der Waals surface area (Å²) in [5, 5.41) is 4.16. The molecular weight excluding hydrogens is 474 g/mol. The predicted molar refractivity (Wildman–Crippen MR) is 143 cm³/mol. The van der Waals surface area contributed by atoms with E-state index in [0.29, 0.717) is 28.3 Å². The topological polar surface area (TPSA) is 120 Å². The molecule has 0 saturated heterocycles. The number of fused-ring (bicyclic) bond motifs is 1.